The molecular weight excluding hydrogens is 342 g/mol. The number of fused-ring (bicyclic) bond motifs is 1. The van der Waals surface area contributed by atoms with Crippen LogP contribution in [0.2, 0.25) is 0 Å². The summed E-state index contributed by atoms with van der Waals surface area (Å²) in [6, 6.07) is 12.4. The molecule has 1 amide bonds. The Morgan fingerprint density at radius 1 is 1.16 bits per heavy atom. The molecule has 2 aromatic carbocycles. The highest BCUT2D eigenvalue weighted by molar-refractivity contribution is 7.18. The van der Waals surface area contributed by atoms with Gasteiger partial charge in [-0.15, -0.1) is 10.2 Å². The van der Waals surface area contributed by atoms with Crippen LogP contribution in [0.5, 0.6) is 17.2 Å². The summed E-state index contributed by atoms with van der Waals surface area (Å²) in [5.74, 6) is 1.73. The zero-order valence-corrected chi connectivity index (χ0v) is 14.0. The molecule has 3 aromatic rings. The van der Waals surface area contributed by atoms with Crippen LogP contribution in [-0.4, -0.2) is 30.0 Å². The Hall–Kier alpha value is -3.13. The number of methoxy groups -OCH3 is 1. The van der Waals surface area contributed by atoms with E-state index in [0.29, 0.717) is 33.0 Å². The second-order valence-electron chi connectivity index (χ2n) is 5.17. The molecule has 4 rings (SSSR count). The monoisotopic (exact) mass is 355 g/mol. The highest BCUT2D eigenvalue weighted by atomic mass is 32.1. The lowest BCUT2D eigenvalue weighted by Crippen LogP contribution is -2.11. The van der Waals surface area contributed by atoms with E-state index in [1.54, 1.807) is 31.4 Å². The van der Waals surface area contributed by atoms with E-state index in [9.17, 15) is 4.79 Å². The minimum absolute atomic E-state index is 0.219. The Morgan fingerprint density at radius 3 is 2.92 bits per heavy atom. The number of hydrogen-bond acceptors (Lipinski definition) is 7. The first-order valence-electron chi connectivity index (χ1n) is 7.42. The number of hydrogen-bond donors (Lipinski definition) is 1. The Morgan fingerprint density at radius 2 is 2.04 bits per heavy atom. The Labute approximate surface area is 147 Å². The topological polar surface area (TPSA) is 82.6 Å². The third kappa shape index (κ3) is 3.11. The zero-order valence-electron chi connectivity index (χ0n) is 13.2. The molecule has 1 aliphatic rings. The first-order valence-corrected chi connectivity index (χ1v) is 8.23. The maximum atomic E-state index is 12.3. The highest BCUT2D eigenvalue weighted by Crippen LogP contribution is 2.37. The maximum absolute atomic E-state index is 12.3. The molecule has 0 saturated carbocycles. The van der Waals surface area contributed by atoms with E-state index in [1.807, 2.05) is 18.2 Å². The summed E-state index contributed by atoms with van der Waals surface area (Å²) in [5.41, 5.74) is 1.34. The summed E-state index contributed by atoms with van der Waals surface area (Å²) < 4.78 is 15.8. The Kier molecular flexibility index (Phi) is 3.95. The third-order valence-electron chi connectivity index (χ3n) is 3.60. The largest absolute Gasteiger partial charge is 0.497 e. The van der Waals surface area contributed by atoms with Crippen molar-refractivity contribution in [2.45, 2.75) is 0 Å². The first kappa shape index (κ1) is 15.4. The van der Waals surface area contributed by atoms with Gasteiger partial charge in [0, 0.05) is 11.1 Å². The number of aromatic nitrogens is 2. The molecule has 0 saturated heterocycles. The van der Waals surface area contributed by atoms with E-state index in [4.69, 9.17) is 14.2 Å². The van der Waals surface area contributed by atoms with Crippen molar-refractivity contribution in [1.29, 1.82) is 0 Å². The molecule has 25 heavy (non-hydrogen) atoms. The fourth-order valence-corrected chi connectivity index (χ4v) is 3.09. The van der Waals surface area contributed by atoms with Crippen molar-refractivity contribution in [3.05, 3.63) is 48.0 Å². The van der Waals surface area contributed by atoms with Crippen LogP contribution in [0.4, 0.5) is 5.13 Å². The number of anilines is 1. The molecule has 2 heterocycles. The van der Waals surface area contributed by atoms with Crippen LogP contribution < -0.4 is 19.5 Å². The van der Waals surface area contributed by atoms with Crippen molar-refractivity contribution in [3.63, 3.8) is 0 Å². The van der Waals surface area contributed by atoms with Gasteiger partial charge in [-0.2, -0.15) is 0 Å². The molecule has 8 heteroatoms. The van der Waals surface area contributed by atoms with Gasteiger partial charge in [-0.05, 0) is 36.4 Å². The average molecular weight is 355 g/mol. The zero-order chi connectivity index (χ0) is 17.2. The lowest BCUT2D eigenvalue weighted by atomic mass is 10.2. The second-order valence-corrected chi connectivity index (χ2v) is 6.14. The molecule has 0 aliphatic carbocycles. The van der Waals surface area contributed by atoms with E-state index < -0.39 is 0 Å². The minimum Gasteiger partial charge on any atom is -0.497 e. The number of benzene rings is 2. The van der Waals surface area contributed by atoms with Crippen molar-refractivity contribution < 1.29 is 19.0 Å². The number of nitrogens with one attached hydrogen (secondary N) is 1. The van der Waals surface area contributed by atoms with Gasteiger partial charge in [0.1, 0.15) is 10.8 Å². The van der Waals surface area contributed by atoms with E-state index >= 15 is 0 Å². The van der Waals surface area contributed by atoms with Gasteiger partial charge in [-0.1, -0.05) is 17.4 Å². The molecule has 0 spiro atoms. The van der Waals surface area contributed by atoms with Gasteiger partial charge in [0.2, 0.25) is 11.9 Å². The SMILES string of the molecule is COc1cccc(C(=O)Nc2nnc(-c3ccc4c(c3)OCO4)s2)c1. The van der Waals surface area contributed by atoms with Crippen molar-refractivity contribution in [1.82, 2.24) is 10.2 Å². The van der Waals surface area contributed by atoms with Crippen molar-refractivity contribution in [2.75, 3.05) is 19.2 Å². The van der Waals surface area contributed by atoms with Crippen LogP contribution in [0.3, 0.4) is 0 Å². The summed E-state index contributed by atoms with van der Waals surface area (Å²) in [4.78, 5) is 12.3. The summed E-state index contributed by atoms with van der Waals surface area (Å²) in [7, 11) is 1.55. The van der Waals surface area contributed by atoms with Crippen molar-refractivity contribution >= 4 is 22.4 Å². The number of nitrogens with zero attached hydrogens (tertiary/aromatic N) is 2. The van der Waals surface area contributed by atoms with Crippen LogP contribution in [-0.2, 0) is 0 Å². The average Bonchev–Trinajstić information content (AvgIpc) is 3.30. The minimum atomic E-state index is -0.271. The number of carbonyl (C=O) groups is 1. The molecular formula is C17H13N3O4S. The lowest BCUT2D eigenvalue weighted by molar-refractivity contribution is 0.102. The number of amides is 1. The van der Waals surface area contributed by atoms with Gasteiger partial charge in [0.25, 0.3) is 5.91 Å². The lowest BCUT2D eigenvalue weighted by Gasteiger charge is -2.03. The van der Waals surface area contributed by atoms with Crippen LogP contribution >= 0.6 is 11.3 Å². The second kappa shape index (κ2) is 6.40. The summed E-state index contributed by atoms with van der Waals surface area (Å²) in [5, 5.41) is 12.0. The predicted octanol–water partition coefficient (Wildman–Crippen LogP) is 3.19. The van der Waals surface area contributed by atoms with E-state index in [0.717, 1.165) is 5.56 Å². The van der Waals surface area contributed by atoms with Crippen molar-refractivity contribution in [3.8, 4) is 27.8 Å². The first-order chi connectivity index (χ1) is 12.2. The molecule has 0 bridgehead atoms. The molecule has 7 nitrogen and oxygen atoms in total. The summed E-state index contributed by atoms with van der Waals surface area (Å²) >= 11 is 1.28. The fourth-order valence-electron chi connectivity index (χ4n) is 2.35. The number of carbonyl (C=O) groups excluding carboxylic acids is 1. The molecule has 126 valence electrons. The Bertz CT molecular complexity index is 941. The van der Waals surface area contributed by atoms with Gasteiger partial charge in [-0.3, -0.25) is 10.1 Å². The molecule has 1 aliphatic heterocycles. The number of rotatable bonds is 4. The van der Waals surface area contributed by atoms with Crippen molar-refractivity contribution in [2.24, 2.45) is 0 Å². The quantitative estimate of drug-likeness (QED) is 0.774. The molecule has 0 atom stereocenters. The van der Waals surface area contributed by atoms with Gasteiger partial charge in [-0.25, -0.2) is 0 Å². The number of ether oxygens (including phenoxy) is 3. The highest BCUT2D eigenvalue weighted by Gasteiger charge is 2.16. The molecule has 1 aromatic heterocycles. The van der Waals surface area contributed by atoms with Gasteiger partial charge >= 0.3 is 0 Å². The van der Waals surface area contributed by atoms with Gasteiger partial charge in [0.05, 0.1) is 7.11 Å². The standard InChI is InChI=1S/C17H13N3O4S/c1-22-12-4-2-3-10(7-12)15(21)18-17-20-19-16(25-17)11-5-6-13-14(8-11)24-9-23-13/h2-8H,9H2,1H3,(H,18,20,21). The summed E-state index contributed by atoms with van der Waals surface area (Å²) in [6.45, 7) is 0.219. The molecule has 0 unspecified atom stereocenters. The predicted molar refractivity (Wildman–Crippen MR) is 92.4 cm³/mol. The molecule has 1 N–H and O–H groups in total. The van der Waals surface area contributed by atoms with Crippen LogP contribution in [0.25, 0.3) is 10.6 Å². The third-order valence-corrected chi connectivity index (χ3v) is 4.48. The van der Waals surface area contributed by atoms with Crippen LogP contribution in [0.15, 0.2) is 42.5 Å². The van der Waals surface area contributed by atoms with E-state index in [2.05, 4.69) is 15.5 Å². The van der Waals surface area contributed by atoms with E-state index in [-0.39, 0.29) is 12.7 Å². The van der Waals surface area contributed by atoms with E-state index in [1.165, 1.54) is 11.3 Å². The maximum Gasteiger partial charge on any atom is 0.257 e. The molecule has 0 fully saturated rings. The smallest absolute Gasteiger partial charge is 0.257 e. The van der Waals surface area contributed by atoms with Crippen LogP contribution in [0, 0.1) is 0 Å². The van der Waals surface area contributed by atoms with Gasteiger partial charge < -0.3 is 14.2 Å². The van der Waals surface area contributed by atoms with Gasteiger partial charge in [0.15, 0.2) is 11.5 Å². The normalized spacial score (nSPS) is 12.0. The molecule has 0 radical (unpaired) electrons. The summed E-state index contributed by atoms with van der Waals surface area (Å²) in [6.07, 6.45) is 0. The fraction of sp³-hybridized carbons (Fsp3) is 0.118. The van der Waals surface area contributed by atoms with Crippen LogP contribution in [0.1, 0.15) is 10.4 Å². The Balaban J connectivity index is 1.52.